The predicted molar refractivity (Wildman–Crippen MR) is 119 cm³/mol. The third-order valence-electron chi connectivity index (χ3n) is 4.06. The Morgan fingerprint density at radius 2 is 1.71 bits per heavy atom. The van der Waals surface area contributed by atoms with Crippen molar-refractivity contribution in [3.8, 4) is 5.75 Å². The van der Waals surface area contributed by atoms with E-state index in [-0.39, 0.29) is 0 Å². The lowest BCUT2D eigenvalue weighted by Gasteiger charge is -2.10. The zero-order valence-corrected chi connectivity index (χ0v) is 16.6. The van der Waals surface area contributed by atoms with Crippen molar-refractivity contribution in [3.63, 3.8) is 0 Å². The minimum Gasteiger partial charge on any atom is -0.488 e. The summed E-state index contributed by atoms with van der Waals surface area (Å²) in [4.78, 5) is 0. The molecule has 0 aliphatic heterocycles. The van der Waals surface area contributed by atoms with E-state index in [1.165, 1.54) is 5.56 Å². The van der Waals surface area contributed by atoms with Crippen molar-refractivity contribution in [2.24, 2.45) is 5.10 Å². The van der Waals surface area contributed by atoms with Gasteiger partial charge in [-0.1, -0.05) is 72.3 Å². The standard InChI is InChI=1S/C23H23N3OS/c1-18-8-7-11-20(14-18)17-27-22-13-6-5-12-21(22)16-25-26-23(28)24-15-19-9-3-2-4-10-19/h2-14,16H,15,17H2,1H3,(H2,24,26,28)/b25-16+. The van der Waals surface area contributed by atoms with Gasteiger partial charge < -0.3 is 10.1 Å². The summed E-state index contributed by atoms with van der Waals surface area (Å²) in [6.45, 7) is 3.24. The Labute approximate surface area is 171 Å². The number of para-hydroxylation sites is 1. The van der Waals surface area contributed by atoms with Gasteiger partial charge in [0.2, 0.25) is 0 Å². The fraction of sp³-hybridized carbons (Fsp3) is 0.130. The molecule has 0 unspecified atom stereocenters. The second-order valence-corrected chi connectivity index (χ2v) is 6.76. The van der Waals surface area contributed by atoms with Crippen LogP contribution in [0.2, 0.25) is 0 Å². The van der Waals surface area contributed by atoms with Gasteiger partial charge in [0.25, 0.3) is 0 Å². The second kappa shape index (κ2) is 10.2. The first-order chi connectivity index (χ1) is 13.7. The van der Waals surface area contributed by atoms with Crippen LogP contribution in [0.4, 0.5) is 0 Å². The molecule has 0 bridgehead atoms. The Morgan fingerprint density at radius 3 is 2.54 bits per heavy atom. The Bertz CT molecular complexity index is 941. The summed E-state index contributed by atoms with van der Waals surface area (Å²) in [6.07, 6.45) is 1.71. The summed E-state index contributed by atoms with van der Waals surface area (Å²) in [5.74, 6) is 0.776. The largest absolute Gasteiger partial charge is 0.488 e. The number of rotatable bonds is 7. The van der Waals surface area contributed by atoms with Gasteiger partial charge in [-0.25, -0.2) is 0 Å². The molecular formula is C23H23N3OS. The van der Waals surface area contributed by atoms with Gasteiger partial charge in [-0.15, -0.1) is 0 Å². The van der Waals surface area contributed by atoms with Gasteiger partial charge in [-0.05, 0) is 42.4 Å². The van der Waals surface area contributed by atoms with E-state index in [1.54, 1.807) is 6.21 Å². The van der Waals surface area contributed by atoms with E-state index in [4.69, 9.17) is 17.0 Å². The zero-order chi connectivity index (χ0) is 19.6. The fourth-order valence-corrected chi connectivity index (χ4v) is 2.78. The molecule has 0 spiro atoms. The number of nitrogens with one attached hydrogen (secondary N) is 2. The van der Waals surface area contributed by atoms with Crippen LogP contribution in [0.3, 0.4) is 0 Å². The molecule has 0 aliphatic rings. The lowest BCUT2D eigenvalue weighted by Crippen LogP contribution is -2.31. The van der Waals surface area contributed by atoms with E-state index in [0.717, 1.165) is 22.4 Å². The van der Waals surface area contributed by atoms with E-state index in [2.05, 4.69) is 41.0 Å². The van der Waals surface area contributed by atoms with Crippen molar-refractivity contribution in [2.75, 3.05) is 0 Å². The van der Waals surface area contributed by atoms with E-state index in [9.17, 15) is 0 Å². The summed E-state index contributed by atoms with van der Waals surface area (Å²) < 4.78 is 5.97. The number of benzene rings is 3. The first-order valence-electron chi connectivity index (χ1n) is 9.09. The molecule has 142 valence electrons. The van der Waals surface area contributed by atoms with Gasteiger partial charge >= 0.3 is 0 Å². The Hall–Kier alpha value is -3.18. The second-order valence-electron chi connectivity index (χ2n) is 6.35. The fourth-order valence-electron chi connectivity index (χ4n) is 2.66. The SMILES string of the molecule is Cc1cccc(COc2ccccc2/C=N/NC(=S)NCc2ccccc2)c1. The molecular weight excluding hydrogens is 366 g/mol. The van der Waals surface area contributed by atoms with Crippen molar-refractivity contribution < 1.29 is 4.74 Å². The molecule has 4 nitrogen and oxygen atoms in total. The molecule has 3 aromatic carbocycles. The molecule has 0 radical (unpaired) electrons. The van der Waals surface area contributed by atoms with Crippen molar-refractivity contribution >= 4 is 23.5 Å². The van der Waals surface area contributed by atoms with Gasteiger partial charge in [-0.3, -0.25) is 5.43 Å². The van der Waals surface area contributed by atoms with E-state index >= 15 is 0 Å². The Kier molecular flexibility index (Phi) is 7.15. The van der Waals surface area contributed by atoms with Gasteiger partial charge in [-0.2, -0.15) is 5.10 Å². The summed E-state index contributed by atoms with van der Waals surface area (Å²) in [7, 11) is 0. The van der Waals surface area contributed by atoms with Crippen LogP contribution in [-0.2, 0) is 13.2 Å². The van der Waals surface area contributed by atoms with Gasteiger partial charge in [0, 0.05) is 12.1 Å². The molecule has 0 amide bonds. The quantitative estimate of drug-likeness (QED) is 0.353. The minimum atomic E-state index is 0.471. The maximum atomic E-state index is 5.97. The molecule has 3 rings (SSSR count). The summed E-state index contributed by atoms with van der Waals surface area (Å²) in [5.41, 5.74) is 7.24. The number of ether oxygens (including phenoxy) is 1. The third kappa shape index (κ3) is 6.21. The number of aryl methyl sites for hydroxylation is 1. The predicted octanol–water partition coefficient (Wildman–Crippen LogP) is 4.57. The molecule has 3 aromatic rings. The maximum absolute atomic E-state index is 5.97. The van der Waals surface area contributed by atoms with E-state index < -0.39 is 0 Å². The van der Waals surface area contributed by atoms with Crippen LogP contribution in [0.15, 0.2) is 84.0 Å². The number of hydrogen-bond acceptors (Lipinski definition) is 3. The first-order valence-corrected chi connectivity index (χ1v) is 9.50. The zero-order valence-electron chi connectivity index (χ0n) is 15.8. The molecule has 0 saturated heterocycles. The van der Waals surface area contributed by atoms with Crippen molar-refractivity contribution in [1.29, 1.82) is 0 Å². The molecule has 28 heavy (non-hydrogen) atoms. The van der Waals surface area contributed by atoms with Crippen molar-refractivity contribution in [2.45, 2.75) is 20.1 Å². The number of hydrazone groups is 1. The van der Waals surface area contributed by atoms with Crippen LogP contribution >= 0.6 is 12.2 Å². The lowest BCUT2D eigenvalue weighted by molar-refractivity contribution is 0.305. The van der Waals surface area contributed by atoms with Crippen molar-refractivity contribution in [3.05, 3.63) is 101 Å². The number of hydrogen-bond donors (Lipinski definition) is 2. The van der Waals surface area contributed by atoms with E-state index in [0.29, 0.717) is 18.3 Å². The summed E-state index contributed by atoms with van der Waals surface area (Å²) in [6, 6.07) is 26.1. The van der Waals surface area contributed by atoms with Crippen LogP contribution in [0.1, 0.15) is 22.3 Å². The van der Waals surface area contributed by atoms with Crippen LogP contribution in [0.25, 0.3) is 0 Å². The summed E-state index contributed by atoms with van der Waals surface area (Å²) in [5, 5.41) is 7.82. The molecule has 0 aliphatic carbocycles. The average molecular weight is 390 g/mol. The highest BCUT2D eigenvalue weighted by Gasteiger charge is 2.02. The molecule has 5 heteroatoms. The molecule has 0 heterocycles. The Balaban J connectivity index is 1.53. The van der Waals surface area contributed by atoms with Gasteiger partial charge in [0.1, 0.15) is 12.4 Å². The monoisotopic (exact) mass is 389 g/mol. The lowest BCUT2D eigenvalue weighted by atomic mass is 10.1. The van der Waals surface area contributed by atoms with Crippen LogP contribution in [0.5, 0.6) is 5.75 Å². The van der Waals surface area contributed by atoms with Gasteiger partial charge in [0.15, 0.2) is 5.11 Å². The number of nitrogens with zero attached hydrogens (tertiary/aromatic N) is 1. The number of thiocarbonyl (C=S) groups is 1. The smallest absolute Gasteiger partial charge is 0.187 e. The minimum absolute atomic E-state index is 0.471. The molecule has 2 N–H and O–H groups in total. The molecule has 0 atom stereocenters. The molecule has 0 fully saturated rings. The van der Waals surface area contributed by atoms with Gasteiger partial charge in [0.05, 0.1) is 6.21 Å². The van der Waals surface area contributed by atoms with E-state index in [1.807, 2.05) is 60.7 Å². The highest BCUT2D eigenvalue weighted by Crippen LogP contribution is 2.18. The van der Waals surface area contributed by atoms with Crippen molar-refractivity contribution in [1.82, 2.24) is 10.7 Å². The molecule has 0 saturated carbocycles. The highest BCUT2D eigenvalue weighted by molar-refractivity contribution is 7.80. The van der Waals surface area contributed by atoms with Crippen LogP contribution in [0, 0.1) is 6.92 Å². The average Bonchev–Trinajstić information content (AvgIpc) is 2.72. The summed E-state index contributed by atoms with van der Waals surface area (Å²) >= 11 is 5.26. The Morgan fingerprint density at radius 1 is 0.964 bits per heavy atom. The highest BCUT2D eigenvalue weighted by atomic mass is 32.1. The normalized spacial score (nSPS) is 10.6. The maximum Gasteiger partial charge on any atom is 0.187 e. The first kappa shape index (κ1) is 19.6. The van der Waals surface area contributed by atoms with Crippen LogP contribution < -0.4 is 15.5 Å². The molecule has 0 aromatic heterocycles. The van der Waals surface area contributed by atoms with Crippen LogP contribution in [-0.4, -0.2) is 11.3 Å². The third-order valence-corrected chi connectivity index (χ3v) is 4.30. The topological polar surface area (TPSA) is 45.6 Å².